The van der Waals surface area contributed by atoms with Gasteiger partial charge in [0.15, 0.2) is 5.78 Å². The van der Waals surface area contributed by atoms with Crippen molar-refractivity contribution in [2.75, 3.05) is 27.4 Å². The Morgan fingerprint density at radius 2 is 1.49 bits per heavy atom. The number of aliphatic hydroxyl groups is 1. The van der Waals surface area contributed by atoms with Crippen LogP contribution in [0.3, 0.4) is 0 Å². The van der Waals surface area contributed by atoms with Crippen molar-refractivity contribution >= 4 is 34.8 Å². The molecule has 37 heavy (non-hydrogen) atoms. The Hall–Kier alpha value is -3.19. The fraction of sp³-hybridized carbons (Fsp3) is 0.480. The highest BCUT2D eigenvalue weighted by Gasteiger charge is 2.35. The number of ketones is 1. The second kappa shape index (κ2) is 13.9. The van der Waals surface area contributed by atoms with Crippen molar-refractivity contribution in [3.63, 3.8) is 0 Å². The van der Waals surface area contributed by atoms with Crippen molar-refractivity contribution in [3.8, 4) is 0 Å². The number of aryl methyl sites for hydroxylation is 1. The van der Waals surface area contributed by atoms with Crippen LogP contribution >= 0.6 is 11.3 Å². The minimum absolute atomic E-state index is 0.139. The van der Waals surface area contributed by atoms with E-state index in [2.05, 4.69) is 20.9 Å². The number of benzene rings is 1. The van der Waals surface area contributed by atoms with E-state index in [-0.39, 0.29) is 19.6 Å². The number of nitrogens with zero attached hydrogens (tertiary/aromatic N) is 1. The molecule has 0 unspecified atom stereocenters. The van der Waals surface area contributed by atoms with E-state index in [9.17, 15) is 24.3 Å². The number of hydrogen-bond donors (Lipinski definition) is 4. The summed E-state index contributed by atoms with van der Waals surface area (Å²) in [5.41, 5.74) is -0.922. The molecule has 4 N–H and O–H groups in total. The van der Waals surface area contributed by atoms with Crippen LogP contribution in [0, 0.1) is 6.92 Å². The molecule has 3 amide bonds. The van der Waals surface area contributed by atoms with Gasteiger partial charge in [-0.05, 0) is 32.8 Å². The zero-order chi connectivity index (χ0) is 27.6. The minimum atomic E-state index is -1.70. The number of rotatable bonds is 14. The molecule has 0 saturated carbocycles. The van der Waals surface area contributed by atoms with Crippen molar-refractivity contribution in [1.82, 2.24) is 20.9 Å². The zero-order valence-corrected chi connectivity index (χ0v) is 22.4. The Labute approximate surface area is 220 Å². The number of aromatic nitrogens is 1. The van der Waals surface area contributed by atoms with Crippen LogP contribution in [0.1, 0.15) is 34.1 Å². The number of nitrogens with one attached hydrogen (secondary N) is 3. The normalized spacial score (nSPS) is 13.8. The van der Waals surface area contributed by atoms with Crippen LogP contribution in [0.25, 0.3) is 0 Å². The Kier molecular flexibility index (Phi) is 11.3. The van der Waals surface area contributed by atoms with Gasteiger partial charge in [0.1, 0.15) is 22.6 Å². The van der Waals surface area contributed by atoms with Crippen molar-refractivity contribution in [1.29, 1.82) is 0 Å². The summed E-state index contributed by atoms with van der Waals surface area (Å²) in [4.78, 5) is 56.0. The van der Waals surface area contributed by atoms with Crippen LogP contribution < -0.4 is 16.0 Å². The predicted octanol–water partition coefficient (Wildman–Crippen LogP) is 0.395. The number of methoxy groups -OCH3 is 2. The van der Waals surface area contributed by atoms with Crippen LogP contribution in [0.15, 0.2) is 36.5 Å². The summed E-state index contributed by atoms with van der Waals surface area (Å²) in [6.07, 6.45) is 1.55. The molecule has 0 aliphatic rings. The fourth-order valence-electron chi connectivity index (χ4n) is 3.42. The first-order valence-corrected chi connectivity index (χ1v) is 12.4. The Morgan fingerprint density at radius 1 is 0.946 bits per heavy atom. The van der Waals surface area contributed by atoms with Gasteiger partial charge in [-0.3, -0.25) is 19.2 Å². The second-order valence-electron chi connectivity index (χ2n) is 8.92. The third-order valence-corrected chi connectivity index (χ3v) is 6.20. The molecule has 2 rings (SSSR count). The van der Waals surface area contributed by atoms with Crippen molar-refractivity contribution in [2.24, 2.45) is 0 Å². The number of hydrogen-bond acceptors (Lipinski definition) is 9. The fourth-order valence-corrected chi connectivity index (χ4v) is 4.11. The van der Waals surface area contributed by atoms with Gasteiger partial charge in [-0.1, -0.05) is 30.3 Å². The number of ether oxygens (including phenoxy) is 2. The molecule has 1 aromatic carbocycles. The van der Waals surface area contributed by atoms with E-state index >= 15 is 0 Å². The maximum atomic E-state index is 13.2. The summed E-state index contributed by atoms with van der Waals surface area (Å²) in [5.74, 6) is -2.46. The summed E-state index contributed by atoms with van der Waals surface area (Å²) >= 11 is 1.17. The molecule has 0 saturated heterocycles. The predicted molar refractivity (Wildman–Crippen MR) is 137 cm³/mol. The van der Waals surface area contributed by atoms with Gasteiger partial charge >= 0.3 is 0 Å². The van der Waals surface area contributed by atoms with Gasteiger partial charge in [0.2, 0.25) is 11.8 Å². The molecule has 0 fully saturated rings. The lowest BCUT2D eigenvalue weighted by molar-refractivity contribution is -0.139. The molecule has 1 heterocycles. The van der Waals surface area contributed by atoms with E-state index in [0.717, 1.165) is 5.56 Å². The molecule has 12 heteroatoms. The van der Waals surface area contributed by atoms with Crippen LogP contribution in [-0.2, 0) is 30.3 Å². The highest BCUT2D eigenvalue weighted by Crippen LogP contribution is 2.13. The summed E-state index contributed by atoms with van der Waals surface area (Å²) in [6, 6.07) is 5.67. The monoisotopic (exact) mass is 534 g/mol. The molecule has 0 radical (unpaired) electrons. The van der Waals surface area contributed by atoms with Crippen LogP contribution in [0.4, 0.5) is 0 Å². The Balaban J connectivity index is 2.16. The standard InChI is InChI=1S/C25H34N4O7S/c1-15-26-12-20(37-15)24(33)29-19(14-36-5)23(32)28-18(13-35-4)22(31)27-17(21(30)25(2,3)34)11-16-9-7-6-8-10-16/h6-10,12,17-19,34H,11,13-14H2,1-5H3,(H,27,31)(H,28,32)(H,29,33)/t17-,18-,19-/m0/s1. The molecule has 1 aromatic heterocycles. The van der Waals surface area contributed by atoms with Crippen molar-refractivity contribution in [3.05, 3.63) is 52.0 Å². The van der Waals surface area contributed by atoms with Crippen LogP contribution in [0.2, 0.25) is 0 Å². The summed E-state index contributed by atoms with van der Waals surface area (Å²) < 4.78 is 10.2. The van der Waals surface area contributed by atoms with Gasteiger partial charge in [-0.25, -0.2) is 4.98 Å². The van der Waals surface area contributed by atoms with E-state index in [1.807, 2.05) is 6.07 Å². The van der Waals surface area contributed by atoms with E-state index in [0.29, 0.717) is 9.88 Å². The molecular weight excluding hydrogens is 500 g/mol. The molecular formula is C25H34N4O7S. The summed E-state index contributed by atoms with van der Waals surface area (Å²) in [5, 5.41) is 18.8. The zero-order valence-electron chi connectivity index (χ0n) is 21.6. The van der Waals surface area contributed by atoms with Gasteiger partial charge in [0.05, 0.1) is 30.5 Å². The number of thiazole rings is 1. The smallest absolute Gasteiger partial charge is 0.263 e. The number of carbonyl (C=O) groups excluding carboxylic acids is 4. The van der Waals surface area contributed by atoms with Crippen LogP contribution in [0.5, 0.6) is 0 Å². The molecule has 0 aliphatic carbocycles. The van der Waals surface area contributed by atoms with E-state index in [1.165, 1.54) is 45.6 Å². The number of amides is 3. The molecule has 0 bridgehead atoms. The van der Waals surface area contributed by atoms with Gasteiger partial charge in [-0.15, -0.1) is 11.3 Å². The Bertz CT molecular complexity index is 1070. The third-order valence-electron chi connectivity index (χ3n) is 5.29. The lowest BCUT2D eigenvalue weighted by Gasteiger charge is -2.27. The van der Waals surface area contributed by atoms with E-state index in [1.54, 1.807) is 31.2 Å². The van der Waals surface area contributed by atoms with Crippen LogP contribution in [-0.4, -0.2) is 84.8 Å². The number of carbonyl (C=O) groups is 4. The summed E-state index contributed by atoms with van der Waals surface area (Å²) in [7, 11) is 2.73. The van der Waals surface area contributed by atoms with E-state index < -0.39 is 47.2 Å². The summed E-state index contributed by atoms with van der Waals surface area (Å²) in [6.45, 7) is 4.09. The highest BCUT2D eigenvalue weighted by atomic mass is 32.1. The average Bonchev–Trinajstić information content (AvgIpc) is 3.29. The second-order valence-corrected chi connectivity index (χ2v) is 10.2. The first-order valence-electron chi connectivity index (χ1n) is 11.6. The third kappa shape index (κ3) is 9.32. The molecule has 3 atom stereocenters. The average molecular weight is 535 g/mol. The van der Waals surface area contributed by atoms with Gasteiger partial charge in [0, 0.05) is 14.2 Å². The molecule has 202 valence electrons. The molecule has 0 aliphatic heterocycles. The largest absolute Gasteiger partial charge is 0.383 e. The van der Waals surface area contributed by atoms with Gasteiger partial charge < -0.3 is 30.5 Å². The lowest BCUT2D eigenvalue weighted by atomic mass is 9.92. The molecule has 0 spiro atoms. The minimum Gasteiger partial charge on any atom is -0.383 e. The maximum absolute atomic E-state index is 13.2. The first kappa shape index (κ1) is 30.0. The molecule has 2 aromatic rings. The Morgan fingerprint density at radius 3 is 1.97 bits per heavy atom. The number of Topliss-reactive ketones (excluding diaryl/α,β-unsaturated/α-hetero) is 1. The topological polar surface area (TPSA) is 156 Å². The SMILES string of the molecule is COC[C@H](NC(=O)c1cnc(C)s1)C(=O)N[C@@H](COC)C(=O)N[C@@H](Cc1ccccc1)C(=O)C(C)(C)O. The van der Waals surface area contributed by atoms with Crippen molar-refractivity contribution < 1.29 is 33.8 Å². The van der Waals surface area contributed by atoms with Gasteiger partial charge in [-0.2, -0.15) is 0 Å². The maximum Gasteiger partial charge on any atom is 0.263 e. The van der Waals surface area contributed by atoms with Gasteiger partial charge in [0.25, 0.3) is 5.91 Å². The first-order chi connectivity index (χ1) is 17.5. The molecule has 11 nitrogen and oxygen atoms in total. The lowest BCUT2D eigenvalue weighted by Crippen LogP contribution is -2.59. The van der Waals surface area contributed by atoms with Crippen molar-refractivity contribution in [2.45, 2.75) is 50.9 Å². The highest BCUT2D eigenvalue weighted by molar-refractivity contribution is 7.13. The van der Waals surface area contributed by atoms with E-state index in [4.69, 9.17) is 9.47 Å². The quantitative estimate of drug-likeness (QED) is 0.271.